The average Bonchev–Trinajstić information content (AvgIpc) is 2.57. The fourth-order valence-corrected chi connectivity index (χ4v) is 2.65. The quantitative estimate of drug-likeness (QED) is 0.540. The number of hydrazone groups is 1. The second kappa shape index (κ2) is 6.62. The number of phenolic OH excluding ortho intramolecular Hbond substituents is 1. The van der Waals surface area contributed by atoms with Crippen molar-refractivity contribution in [1.82, 2.24) is 5.43 Å². The maximum atomic E-state index is 12.3. The van der Waals surface area contributed by atoms with Gasteiger partial charge in [-0.25, -0.2) is 5.43 Å². The zero-order valence-corrected chi connectivity index (χ0v) is 13.6. The summed E-state index contributed by atoms with van der Waals surface area (Å²) in [6.07, 6.45) is 1.52. The summed E-state index contributed by atoms with van der Waals surface area (Å²) in [7, 11) is 0. The van der Waals surface area contributed by atoms with E-state index in [0.29, 0.717) is 10.0 Å². The highest BCUT2D eigenvalue weighted by molar-refractivity contribution is 9.10. The first-order valence-electron chi connectivity index (χ1n) is 6.95. The number of phenols is 1. The summed E-state index contributed by atoms with van der Waals surface area (Å²) in [6, 6.07) is 18.2. The Hall–Kier alpha value is -2.66. The van der Waals surface area contributed by atoms with Crippen molar-refractivity contribution in [3.8, 4) is 5.75 Å². The van der Waals surface area contributed by atoms with Gasteiger partial charge in [-0.05, 0) is 56.5 Å². The van der Waals surface area contributed by atoms with Gasteiger partial charge in [-0.15, -0.1) is 0 Å². The Morgan fingerprint density at radius 2 is 1.87 bits per heavy atom. The number of rotatable bonds is 3. The third-order valence-electron chi connectivity index (χ3n) is 3.39. The number of hydrogen-bond donors (Lipinski definition) is 2. The van der Waals surface area contributed by atoms with Crippen LogP contribution in [0.1, 0.15) is 15.9 Å². The molecule has 0 unspecified atom stereocenters. The van der Waals surface area contributed by atoms with Crippen LogP contribution in [0.5, 0.6) is 5.75 Å². The predicted octanol–water partition coefficient (Wildman–Crippen LogP) is 4.07. The molecule has 0 saturated heterocycles. The van der Waals surface area contributed by atoms with E-state index in [4.69, 9.17) is 0 Å². The van der Waals surface area contributed by atoms with E-state index in [1.165, 1.54) is 6.21 Å². The first-order chi connectivity index (χ1) is 11.1. The summed E-state index contributed by atoms with van der Waals surface area (Å²) >= 11 is 3.23. The summed E-state index contributed by atoms with van der Waals surface area (Å²) < 4.78 is 0.571. The molecule has 0 aliphatic heterocycles. The largest absolute Gasteiger partial charge is 0.507 e. The summed E-state index contributed by atoms with van der Waals surface area (Å²) in [5, 5.41) is 15.3. The van der Waals surface area contributed by atoms with Gasteiger partial charge in [0.2, 0.25) is 0 Å². The van der Waals surface area contributed by atoms with E-state index in [0.717, 1.165) is 16.3 Å². The van der Waals surface area contributed by atoms with Crippen LogP contribution >= 0.6 is 15.9 Å². The number of fused-ring (bicyclic) bond motifs is 1. The Kier molecular flexibility index (Phi) is 4.39. The highest BCUT2D eigenvalue weighted by atomic mass is 79.9. The van der Waals surface area contributed by atoms with Crippen molar-refractivity contribution in [1.29, 1.82) is 0 Å². The summed E-state index contributed by atoms with van der Waals surface area (Å²) in [5.74, 6) is -0.113. The van der Waals surface area contributed by atoms with Crippen LogP contribution in [0.25, 0.3) is 10.8 Å². The fraction of sp³-hybridized carbons (Fsp3) is 0. The van der Waals surface area contributed by atoms with Crippen molar-refractivity contribution in [2.45, 2.75) is 0 Å². The van der Waals surface area contributed by atoms with Gasteiger partial charge in [0.1, 0.15) is 5.75 Å². The second-order valence-electron chi connectivity index (χ2n) is 4.94. The lowest BCUT2D eigenvalue weighted by atomic mass is 10.0. The first kappa shape index (κ1) is 15.2. The number of benzene rings is 3. The van der Waals surface area contributed by atoms with Crippen LogP contribution in [0.15, 0.2) is 70.2 Å². The van der Waals surface area contributed by atoms with Gasteiger partial charge in [-0.2, -0.15) is 5.10 Å². The molecule has 2 N–H and O–H groups in total. The minimum Gasteiger partial charge on any atom is -0.507 e. The summed E-state index contributed by atoms with van der Waals surface area (Å²) in [6.45, 7) is 0. The maximum absolute atomic E-state index is 12.3. The molecule has 0 aromatic heterocycles. The first-order valence-corrected chi connectivity index (χ1v) is 7.74. The van der Waals surface area contributed by atoms with Crippen molar-refractivity contribution in [3.05, 3.63) is 76.3 Å². The Bertz CT molecular complexity index is 901. The van der Waals surface area contributed by atoms with Crippen molar-refractivity contribution in [2.24, 2.45) is 5.10 Å². The van der Waals surface area contributed by atoms with Crippen molar-refractivity contribution in [3.63, 3.8) is 0 Å². The monoisotopic (exact) mass is 368 g/mol. The van der Waals surface area contributed by atoms with Crippen molar-refractivity contribution < 1.29 is 9.90 Å². The molecule has 4 nitrogen and oxygen atoms in total. The van der Waals surface area contributed by atoms with Crippen LogP contribution in [0.4, 0.5) is 0 Å². The molecule has 0 spiro atoms. The van der Waals surface area contributed by atoms with E-state index in [-0.39, 0.29) is 11.7 Å². The standard InChI is InChI=1S/C18H13BrN2O2/c19-16-10-12(8-9-17(16)22)11-20-21-18(23)15-7-3-5-13-4-1-2-6-14(13)15/h1-11,22H,(H,21,23)/b20-11+. The van der Waals surface area contributed by atoms with Crippen LogP contribution < -0.4 is 5.43 Å². The van der Waals surface area contributed by atoms with E-state index in [1.54, 1.807) is 24.3 Å². The van der Waals surface area contributed by atoms with Gasteiger partial charge in [0, 0.05) is 5.56 Å². The fourth-order valence-electron chi connectivity index (χ4n) is 2.25. The van der Waals surface area contributed by atoms with Gasteiger partial charge in [-0.1, -0.05) is 36.4 Å². The predicted molar refractivity (Wildman–Crippen MR) is 94.8 cm³/mol. The van der Waals surface area contributed by atoms with Crippen LogP contribution in [0.3, 0.4) is 0 Å². The molecule has 1 amide bonds. The van der Waals surface area contributed by atoms with E-state index in [9.17, 15) is 9.90 Å². The smallest absolute Gasteiger partial charge is 0.271 e. The third kappa shape index (κ3) is 3.40. The molecule has 5 heteroatoms. The third-order valence-corrected chi connectivity index (χ3v) is 4.02. The summed E-state index contributed by atoms with van der Waals surface area (Å²) in [5.41, 5.74) is 3.86. The number of amides is 1. The molecule has 0 bridgehead atoms. The maximum Gasteiger partial charge on any atom is 0.271 e. The van der Waals surface area contributed by atoms with E-state index in [1.807, 2.05) is 36.4 Å². The number of carbonyl (C=O) groups is 1. The number of aromatic hydroxyl groups is 1. The van der Waals surface area contributed by atoms with Gasteiger partial charge in [0.25, 0.3) is 5.91 Å². The molecule has 114 valence electrons. The minimum atomic E-state index is -0.268. The number of carbonyl (C=O) groups excluding carboxylic acids is 1. The Labute approximate surface area is 141 Å². The number of halogens is 1. The number of nitrogens with zero attached hydrogens (tertiary/aromatic N) is 1. The van der Waals surface area contributed by atoms with E-state index < -0.39 is 0 Å². The zero-order chi connectivity index (χ0) is 16.2. The van der Waals surface area contributed by atoms with Gasteiger partial charge >= 0.3 is 0 Å². The molecule has 0 aliphatic carbocycles. The lowest BCUT2D eigenvalue weighted by molar-refractivity contribution is 0.0957. The van der Waals surface area contributed by atoms with Gasteiger partial charge in [0.15, 0.2) is 0 Å². The highest BCUT2D eigenvalue weighted by Crippen LogP contribution is 2.23. The molecule has 0 aliphatic rings. The summed E-state index contributed by atoms with van der Waals surface area (Å²) in [4.78, 5) is 12.3. The van der Waals surface area contributed by atoms with Crippen LogP contribution in [-0.4, -0.2) is 17.2 Å². The molecule has 3 rings (SSSR count). The SMILES string of the molecule is O=C(N/N=C/c1ccc(O)c(Br)c1)c1cccc2ccccc12. The van der Waals surface area contributed by atoms with E-state index >= 15 is 0 Å². The Balaban J connectivity index is 1.78. The molecule has 3 aromatic rings. The zero-order valence-electron chi connectivity index (χ0n) is 12.0. The average molecular weight is 369 g/mol. The Morgan fingerprint density at radius 3 is 2.70 bits per heavy atom. The van der Waals surface area contributed by atoms with Crippen LogP contribution in [-0.2, 0) is 0 Å². The number of hydrogen-bond acceptors (Lipinski definition) is 3. The Morgan fingerprint density at radius 1 is 1.09 bits per heavy atom. The molecule has 0 radical (unpaired) electrons. The molecule has 0 atom stereocenters. The normalized spacial score (nSPS) is 11.0. The molecule has 0 fully saturated rings. The van der Waals surface area contributed by atoms with Crippen molar-refractivity contribution in [2.75, 3.05) is 0 Å². The lowest BCUT2D eigenvalue weighted by Crippen LogP contribution is -2.17. The molecule has 23 heavy (non-hydrogen) atoms. The van der Waals surface area contributed by atoms with Crippen LogP contribution in [0.2, 0.25) is 0 Å². The van der Waals surface area contributed by atoms with Gasteiger partial charge < -0.3 is 5.11 Å². The van der Waals surface area contributed by atoms with E-state index in [2.05, 4.69) is 26.5 Å². The topological polar surface area (TPSA) is 61.7 Å². The molecule has 0 saturated carbocycles. The van der Waals surface area contributed by atoms with Gasteiger partial charge in [0.05, 0.1) is 10.7 Å². The molecule has 3 aromatic carbocycles. The number of nitrogens with one attached hydrogen (secondary N) is 1. The van der Waals surface area contributed by atoms with Crippen LogP contribution in [0, 0.1) is 0 Å². The molecule has 0 heterocycles. The highest BCUT2D eigenvalue weighted by Gasteiger charge is 2.08. The van der Waals surface area contributed by atoms with Crippen molar-refractivity contribution >= 4 is 38.8 Å². The minimum absolute atomic E-state index is 0.155. The lowest BCUT2D eigenvalue weighted by Gasteiger charge is -2.04. The molecular weight excluding hydrogens is 356 g/mol. The second-order valence-corrected chi connectivity index (χ2v) is 5.79. The molecular formula is C18H13BrN2O2. The van der Waals surface area contributed by atoms with Gasteiger partial charge in [-0.3, -0.25) is 4.79 Å².